The average Bonchev–Trinajstić information content (AvgIpc) is 3.64. The number of carbonyl (C=O) groups is 2. The monoisotopic (exact) mass is 597 g/mol. The smallest absolute Gasteiger partial charge is 0.338 e. The second-order valence-electron chi connectivity index (χ2n) is 10.4. The van der Waals surface area contributed by atoms with E-state index in [4.69, 9.17) is 4.74 Å². The largest absolute Gasteiger partial charge is 0.479 e. The van der Waals surface area contributed by atoms with Crippen molar-refractivity contribution in [1.82, 2.24) is 20.1 Å². The summed E-state index contributed by atoms with van der Waals surface area (Å²) >= 11 is 1.19. The molecule has 2 fully saturated rings. The van der Waals surface area contributed by atoms with Crippen molar-refractivity contribution in [3.63, 3.8) is 0 Å². The number of nitrogens with zero attached hydrogens (tertiary/aromatic N) is 4. The summed E-state index contributed by atoms with van der Waals surface area (Å²) in [5.74, 6) is -7.93. The number of methoxy groups -OCH3 is 1. The van der Waals surface area contributed by atoms with Gasteiger partial charge in [0.2, 0.25) is 0 Å². The summed E-state index contributed by atoms with van der Waals surface area (Å²) < 4.78 is 65.1. The van der Waals surface area contributed by atoms with Crippen LogP contribution in [0, 0.1) is 11.6 Å². The normalized spacial score (nSPS) is 25.8. The predicted octanol–water partition coefficient (Wildman–Crippen LogP) is 2.17. The Morgan fingerprint density at radius 3 is 2.71 bits per heavy atom. The van der Waals surface area contributed by atoms with Gasteiger partial charge in [-0.15, -0.1) is 11.3 Å². The van der Waals surface area contributed by atoms with Crippen molar-refractivity contribution in [2.45, 2.75) is 43.0 Å². The number of hydrogen-bond donors (Lipinski definition) is 3. The number of carboxylic acids is 1. The molecule has 10 nitrogen and oxygen atoms in total. The fourth-order valence-electron chi connectivity index (χ4n) is 5.74. The Morgan fingerprint density at radius 1 is 1.29 bits per heavy atom. The number of alkyl halides is 2. The highest BCUT2D eigenvalue weighted by Crippen LogP contribution is 2.43. The van der Waals surface area contributed by atoms with Crippen molar-refractivity contribution in [1.29, 1.82) is 0 Å². The van der Waals surface area contributed by atoms with Gasteiger partial charge in [-0.3, -0.25) is 14.8 Å². The van der Waals surface area contributed by atoms with Crippen LogP contribution >= 0.6 is 11.3 Å². The maximum Gasteiger partial charge on any atom is 0.338 e. The van der Waals surface area contributed by atoms with Gasteiger partial charge in [-0.05, 0) is 19.4 Å². The maximum atomic E-state index is 15.4. The van der Waals surface area contributed by atoms with Crippen molar-refractivity contribution in [3.8, 4) is 0 Å². The third-order valence-corrected chi connectivity index (χ3v) is 8.34. The first-order valence-electron chi connectivity index (χ1n) is 12.7. The molecular weight excluding hydrogens is 570 g/mol. The number of amidine groups is 1. The lowest BCUT2D eigenvalue weighted by atomic mass is 9.94. The summed E-state index contributed by atoms with van der Waals surface area (Å²) in [5, 5.41) is 24.6. The van der Waals surface area contributed by atoms with Gasteiger partial charge in [0.25, 0.3) is 5.92 Å². The van der Waals surface area contributed by atoms with Gasteiger partial charge in [0, 0.05) is 48.5 Å². The van der Waals surface area contributed by atoms with Crippen LogP contribution in [0.15, 0.2) is 46.0 Å². The van der Waals surface area contributed by atoms with E-state index in [2.05, 4.69) is 15.3 Å². The van der Waals surface area contributed by atoms with Crippen molar-refractivity contribution in [3.05, 3.63) is 63.3 Å². The molecule has 2 aromatic rings. The van der Waals surface area contributed by atoms with Gasteiger partial charge >= 0.3 is 11.9 Å². The summed E-state index contributed by atoms with van der Waals surface area (Å²) in [4.78, 5) is 35.9. The van der Waals surface area contributed by atoms with Crippen LogP contribution in [-0.4, -0.2) is 99.7 Å². The highest BCUT2D eigenvalue weighted by molar-refractivity contribution is 7.11. The molecule has 41 heavy (non-hydrogen) atoms. The van der Waals surface area contributed by atoms with Crippen molar-refractivity contribution < 1.29 is 42.1 Å². The minimum Gasteiger partial charge on any atom is -0.479 e. The fraction of sp³-hybridized carbons (Fsp3) is 0.462. The van der Waals surface area contributed by atoms with Gasteiger partial charge in [-0.1, -0.05) is 12.1 Å². The number of β-amino-alcohol motifs (C(OH)–C–C–N with tert-alkyl or cyclic N) is 1. The number of carbonyl (C=O) groups excluding carboxylic acids is 1. The van der Waals surface area contributed by atoms with Crippen molar-refractivity contribution >= 4 is 29.1 Å². The van der Waals surface area contributed by atoms with Crippen LogP contribution < -0.4 is 5.32 Å². The Morgan fingerprint density at radius 2 is 2.05 bits per heavy atom. The van der Waals surface area contributed by atoms with Gasteiger partial charge in [0.1, 0.15) is 6.04 Å². The third kappa shape index (κ3) is 5.34. The number of aromatic nitrogens is 1. The number of rotatable bonds is 8. The van der Waals surface area contributed by atoms with Crippen LogP contribution in [0.3, 0.4) is 0 Å². The van der Waals surface area contributed by atoms with E-state index in [0.29, 0.717) is 5.01 Å². The van der Waals surface area contributed by atoms with Crippen LogP contribution in [0.5, 0.6) is 0 Å². The van der Waals surface area contributed by atoms with Crippen molar-refractivity contribution in [2.24, 2.45) is 4.99 Å². The number of thiazole rings is 1. The number of halogens is 4. The number of aliphatic imine (C=N–C) groups is 1. The van der Waals surface area contributed by atoms with Crippen LogP contribution in [0.1, 0.15) is 30.0 Å². The van der Waals surface area contributed by atoms with E-state index < -0.39 is 66.3 Å². The van der Waals surface area contributed by atoms with E-state index in [1.165, 1.54) is 39.5 Å². The van der Waals surface area contributed by atoms with Crippen LogP contribution in [-0.2, 0) is 14.3 Å². The summed E-state index contributed by atoms with van der Waals surface area (Å²) in [6.45, 7) is -0.288. The Kier molecular flexibility index (Phi) is 7.65. The molecular formula is C26H27F4N5O5S. The van der Waals surface area contributed by atoms with Gasteiger partial charge in [-0.2, -0.15) is 0 Å². The van der Waals surface area contributed by atoms with Gasteiger partial charge in [0.05, 0.1) is 25.3 Å². The topological polar surface area (TPSA) is 128 Å². The van der Waals surface area contributed by atoms with Gasteiger partial charge in [-0.25, -0.2) is 32.1 Å². The van der Waals surface area contributed by atoms with Gasteiger partial charge in [0.15, 0.2) is 28.1 Å². The molecule has 1 aromatic carbocycles. The first-order valence-corrected chi connectivity index (χ1v) is 13.5. The minimum atomic E-state index is -3.28. The first kappa shape index (κ1) is 29.1. The molecule has 3 aliphatic heterocycles. The number of likely N-dealkylation sites (tertiary alicyclic amines) is 2. The molecule has 2 saturated heterocycles. The van der Waals surface area contributed by atoms with E-state index >= 15 is 13.2 Å². The second-order valence-corrected chi connectivity index (χ2v) is 11.3. The number of fused-ring (bicyclic) bond motifs is 1. The summed E-state index contributed by atoms with van der Waals surface area (Å²) in [6.07, 6.45) is 1.75. The predicted molar refractivity (Wildman–Crippen MR) is 138 cm³/mol. The quantitative estimate of drug-likeness (QED) is 0.310. The number of esters is 1. The number of carboxylic acid groups (broad SMARTS) is 1. The number of nitrogens with one attached hydrogen (secondary N) is 1. The molecule has 0 saturated carbocycles. The average molecular weight is 598 g/mol. The zero-order valence-corrected chi connectivity index (χ0v) is 22.8. The number of benzene rings is 1. The highest BCUT2D eigenvalue weighted by atomic mass is 32.1. The zero-order valence-electron chi connectivity index (χ0n) is 22.0. The Labute approximate surface area is 235 Å². The fourth-order valence-corrected chi connectivity index (χ4v) is 6.33. The van der Waals surface area contributed by atoms with E-state index in [0.717, 1.165) is 20.1 Å². The van der Waals surface area contributed by atoms with Crippen LogP contribution in [0.2, 0.25) is 0 Å². The van der Waals surface area contributed by atoms with E-state index in [9.17, 15) is 24.2 Å². The Balaban J connectivity index is 1.53. The molecule has 5 rings (SSSR count). The molecule has 3 N–H and O–H groups in total. The molecule has 4 atom stereocenters. The number of ether oxygens (including phenoxy) is 1. The summed E-state index contributed by atoms with van der Waals surface area (Å²) in [6, 6.07) is -0.0298. The lowest BCUT2D eigenvalue weighted by molar-refractivity contribution is -0.160. The standard InChI is InChI=1S/C26H27F4N5O5S/c1-25(39,24(37)38)11-34-8-6-16-20(34)26(29,30)12-35(16)10-15-17(23(36)40-2)19(13-4-3-5-14(27)18(13)28)33-21(32-15)22-31-7-9-41-22/h3-5,7,9,16,19-20,39H,6,8,10-12H2,1-2H3,(H,32,33)(H,37,38)/t16-,19-,20+,25+/m0/s1. The van der Waals surface area contributed by atoms with E-state index in [-0.39, 0.29) is 42.2 Å². The minimum absolute atomic E-state index is 0.109. The van der Waals surface area contributed by atoms with Crippen LogP contribution in [0.25, 0.3) is 0 Å². The maximum absolute atomic E-state index is 15.4. The third-order valence-electron chi connectivity index (χ3n) is 7.56. The molecule has 0 bridgehead atoms. The summed E-state index contributed by atoms with van der Waals surface area (Å²) in [7, 11) is 1.11. The Hall–Kier alpha value is -3.40. The first-order chi connectivity index (χ1) is 19.3. The number of aliphatic carboxylic acids is 1. The molecule has 0 radical (unpaired) electrons. The van der Waals surface area contributed by atoms with Gasteiger partial charge < -0.3 is 20.3 Å². The van der Waals surface area contributed by atoms with E-state index in [1.807, 2.05) is 0 Å². The molecule has 0 amide bonds. The molecule has 0 unspecified atom stereocenters. The van der Waals surface area contributed by atoms with Crippen molar-refractivity contribution in [2.75, 3.05) is 33.3 Å². The molecule has 15 heteroatoms. The molecule has 3 aliphatic rings. The second kappa shape index (κ2) is 10.8. The molecule has 1 aromatic heterocycles. The van der Waals surface area contributed by atoms with Crippen LogP contribution in [0.4, 0.5) is 17.6 Å². The summed E-state index contributed by atoms with van der Waals surface area (Å²) in [5.41, 5.74) is -2.54. The number of aliphatic hydroxyl groups is 1. The number of hydrogen-bond acceptors (Lipinski definition) is 10. The van der Waals surface area contributed by atoms with E-state index in [1.54, 1.807) is 5.38 Å². The molecule has 0 spiro atoms. The molecule has 4 heterocycles. The lowest BCUT2D eigenvalue weighted by Crippen LogP contribution is -2.53. The highest BCUT2D eigenvalue weighted by Gasteiger charge is 2.60. The zero-order chi connectivity index (χ0) is 29.7. The molecule has 0 aliphatic carbocycles. The lowest BCUT2D eigenvalue weighted by Gasteiger charge is -2.32. The molecule has 220 valence electrons. The SMILES string of the molecule is COC(=O)C1=C(CN2CC(F)(F)[C@H]3[C@@H]2CCN3C[C@@](C)(O)C(=O)O)NC(c2nccs2)=N[C@H]1c1cccc(F)c1F. The Bertz CT molecular complexity index is 1420.